The second-order valence-electron chi connectivity index (χ2n) is 5.83. The Morgan fingerprint density at radius 3 is 2.64 bits per heavy atom. The van der Waals surface area contributed by atoms with Crippen LogP contribution in [0.3, 0.4) is 0 Å². The Balaban J connectivity index is 1.81. The van der Waals surface area contributed by atoms with Gasteiger partial charge in [0.05, 0.1) is 0 Å². The zero-order valence-corrected chi connectivity index (χ0v) is 13.2. The Kier molecular flexibility index (Phi) is 5.95. The smallest absolute Gasteiger partial charge is 0.248 e. The number of nitrogens with zero attached hydrogens (tertiary/aromatic N) is 1. The van der Waals surface area contributed by atoms with Crippen LogP contribution in [0.5, 0.6) is 0 Å². The summed E-state index contributed by atoms with van der Waals surface area (Å²) in [5.41, 5.74) is 6.33. The molecule has 1 aliphatic heterocycles. The van der Waals surface area contributed by atoms with E-state index in [0.29, 0.717) is 23.7 Å². The number of anilines is 1. The first-order valence-corrected chi connectivity index (χ1v) is 8.04. The molecule has 1 aromatic rings. The van der Waals surface area contributed by atoms with Crippen LogP contribution in [-0.4, -0.2) is 35.8 Å². The van der Waals surface area contributed by atoms with Crippen LogP contribution in [0.2, 0.25) is 0 Å². The number of nitrogens with two attached hydrogens (primary N) is 1. The maximum atomic E-state index is 12.0. The molecule has 0 spiro atoms. The average Bonchev–Trinajstić information content (AvgIpc) is 2.53. The van der Waals surface area contributed by atoms with Gasteiger partial charge in [0, 0.05) is 30.3 Å². The first-order chi connectivity index (χ1) is 10.6. The lowest BCUT2D eigenvalue weighted by atomic mass is 10.00. The molecule has 1 unspecified atom stereocenters. The van der Waals surface area contributed by atoms with E-state index in [1.165, 1.54) is 19.3 Å². The van der Waals surface area contributed by atoms with Crippen molar-refractivity contribution in [2.45, 2.75) is 45.1 Å². The Bertz CT molecular complexity index is 513. The quantitative estimate of drug-likeness (QED) is 0.847. The number of amides is 2. The number of hydrogen-bond acceptors (Lipinski definition) is 3. The van der Waals surface area contributed by atoms with Crippen molar-refractivity contribution in [3.05, 3.63) is 29.8 Å². The molecule has 0 saturated carbocycles. The third-order valence-corrected chi connectivity index (χ3v) is 4.30. The van der Waals surface area contributed by atoms with E-state index >= 15 is 0 Å². The van der Waals surface area contributed by atoms with E-state index in [9.17, 15) is 9.59 Å². The molecule has 0 aromatic heterocycles. The number of primary amides is 1. The van der Waals surface area contributed by atoms with Crippen LogP contribution in [0.25, 0.3) is 0 Å². The molecule has 1 heterocycles. The van der Waals surface area contributed by atoms with Crippen molar-refractivity contribution in [2.75, 3.05) is 18.4 Å². The third-order valence-electron chi connectivity index (χ3n) is 4.30. The van der Waals surface area contributed by atoms with Gasteiger partial charge in [-0.3, -0.25) is 14.5 Å². The van der Waals surface area contributed by atoms with Gasteiger partial charge in [-0.2, -0.15) is 0 Å². The minimum absolute atomic E-state index is 0.00671. The fraction of sp³-hybridized carbons (Fsp3) is 0.529. The SMILES string of the molecule is CCC1CCCCN1CCC(=O)Nc1ccc(C(N)=O)cc1. The van der Waals surface area contributed by atoms with Gasteiger partial charge in [0.1, 0.15) is 0 Å². The molecule has 0 aliphatic carbocycles. The highest BCUT2D eigenvalue weighted by Gasteiger charge is 2.20. The number of benzene rings is 1. The summed E-state index contributed by atoms with van der Waals surface area (Å²) in [6.45, 7) is 4.12. The number of rotatable bonds is 6. The summed E-state index contributed by atoms with van der Waals surface area (Å²) in [5, 5.41) is 2.86. The molecule has 0 bridgehead atoms. The van der Waals surface area contributed by atoms with Crippen LogP contribution in [0, 0.1) is 0 Å². The van der Waals surface area contributed by atoms with Gasteiger partial charge in [-0.05, 0) is 50.1 Å². The predicted molar refractivity (Wildman–Crippen MR) is 87.7 cm³/mol. The Morgan fingerprint density at radius 1 is 1.27 bits per heavy atom. The van der Waals surface area contributed by atoms with Crippen molar-refractivity contribution in [1.82, 2.24) is 4.90 Å². The molecule has 120 valence electrons. The third kappa shape index (κ3) is 4.56. The molecule has 0 radical (unpaired) electrons. The maximum Gasteiger partial charge on any atom is 0.248 e. The summed E-state index contributed by atoms with van der Waals surface area (Å²) in [6, 6.07) is 7.27. The van der Waals surface area contributed by atoms with E-state index in [1.54, 1.807) is 24.3 Å². The van der Waals surface area contributed by atoms with Gasteiger partial charge in [0.25, 0.3) is 0 Å². The molecule has 2 rings (SSSR count). The molecule has 3 N–H and O–H groups in total. The monoisotopic (exact) mass is 303 g/mol. The van der Waals surface area contributed by atoms with Crippen LogP contribution < -0.4 is 11.1 Å². The number of carbonyl (C=O) groups excluding carboxylic acids is 2. The lowest BCUT2D eigenvalue weighted by molar-refractivity contribution is -0.116. The second-order valence-corrected chi connectivity index (χ2v) is 5.83. The first-order valence-electron chi connectivity index (χ1n) is 8.04. The lowest BCUT2D eigenvalue weighted by Crippen LogP contribution is -2.40. The van der Waals surface area contributed by atoms with E-state index < -0.39 is 5.91 Å². The summed E-state index contributed by atoms with van der Waals surface area (Å²) >= 11 is 0. The number of carbonyl (C=O) groups is 2. The average molecular weight is 303 g/mol. The zero-order chi connectivity index (χ0) is 15.9. The summed E-state index contributed by atoms with van der Waals surface area (Å²) in [4.78, 5) is 25.5. The molecule has 1 fully saturated rings. The van der Waals surface area contributed by atoms with Gasteiger partial charge >= 0.3 is 0 Å². The Labute approximate surface area is 131 Å². The minimum Gasteiger partial charge on any atom is -0.366 e. The molecule has 5 heteroatoms. The highest BCUT2D eigenvalue weighted by atomic mass is 16.2. The van der Waals surface area contributed by atoms with Crippen molar-refractivity contribution >= 4 is 17.5 Å². The van der Waals surface area contributed by atoms with Gasteiger partial charge in [0.2, 0.25) is 11.8 Å². The van der Waals surface area contributed by atoms with E-state index in [4.69, 9.17) is 5.73 Å². The summed E-state index contributed by atoms with van der Waals surface area (Å²) < 4.78 is 0. The number of piperidine rings is 1. The Hall–Kier alpha value is -1.88. The van der Waals surface area contributed by atoms with E-state index in [0.717, 1.165) is 19.5 Å². The van der Waals surface area contributed by atoms with Crippen molar-refractivity contribution in [3.8, 4) is 0 Å². The van der Waals surface area contributed by atoms with E-state index in [1.807, 2.05) is 0 Å². The van der Waals surface area contributed by atoms with Crippen molar-refractivity contribution < 1.29 is 9.59 Å². The van der Waals surface area contributed by atoms with Crippen molar-refractivity contribution in [2.24, 2.45) is 5.73 Å². The molecule has 1 saturated heterocycles. The minimum atomic E-state index is -0.464. The molecular weight excluding hydrogens is 278 g/mol. The van der Waals surface area contributed by atoms with Crippen LogP contribution in [-0.2, 0) is 4.79 Å². The van der Waals surface area contributed by atoms with Gasteiger partial charge < -0.3 is 11.1 Å². The molecule has 2 amide bonds. The molecule has 1 aromatic carbocycles. The van der Waals surface area contributed by atoms with Gasteiger partial charge in [-0.1, -0.05) is 13.3 Å². The number of nitrogens with one attached hydrogen (secondary N) is 1. The van der Waals surface area contributed by atoms with Crippen LogP contribution >= 0.6 is 0 Å². The largest absolute Gasteiger partial charge is 0.366 e. The van der Waals surface area contributed by atoms with Crippen LogP contribution in [0.15, 0.2) is 24.3 Å². The predicted octanol–water partition coefficient (Wildman–Crippen LogP) is 2.38. The lowest BCUT2D eigenvalue weighted by Gasteiger charge is -2.35. The van der Waals surface area contributed by atoms with E-state index in [-0.39, 0.29) is 5.91 Å². The summed E-state index contributed by atoms with van der Waals surface area (Å²) in [5.74, 6) is -0.458. The first kappa shape index (κ1) is 16.5. The number of hydrogen-bond donors (Lipinski definition) is 2. The van der Waals surface area contributed by atoms with Crippen molar-refractivity contribution in [1.29, 1.82) is 0 Å². The molecule has 1 aliphatic rings. The van der Waals surface area contributed by atoms with Crippen molar-refractivity contribution in [3.63, 3.8) is 0 Å². The zero-order valence-electron chi connectivity index (χ0n) is 13.2. The van der Waals surface area contributed by atoms with Crippen LogP contribution in [0.1, 0.15) is 49.4 Å². The summed E-state index contributed by atoms with van der Waals surface area (Å²) in [6.07, 6.45) is 5.41. The summed E-state index contributed by atoms with van der Waals surface area (Å²) in [7, 11) is 0. The van der Waals surface area contributed by atoms with Gasteiger partial charge in [-0.25, -0.2) is 0 Å². The normalized spacial score (nSPS) is 18.9. The highest BCUT2D eigenvalue weighted by Crippen LogP contribution is 2.19. The highest BCUT2D eigenvalue weighted by molar-refractivity contribution is 5.94. The number of likely N-dealkylation sites (tertiary alicyclic amines) is 1. The fourth-order valence-corrected chi connectivity index (χ4v) is 3.00. The Morgan fingerprint density at radius 2 is 2.00 bits per heavy atom. The molecular formula is C17H25N3O2. The molecule has 1 atom stereocenters. The van der Waals surface area contributed by atoms with E-state index in [2.05, 4.69) is 17.1 Å². The molecule has 22 heavy (non-hydrogen) atoms. The standard InChI is InChI=1S/C17H25N3O2/c1-2-15-5-3-4-11-20(15)12-10-16(21)19-14-8-6-13(7-9-14)17(18)22/h6-9,15H,2-5,10-12H2,1H3,(H2,18,22)(H,19,21). The van der Waals surface area contributed by atoms with Gasteiger partial charge in [-0.15, -0.1) is 0 Å². The molecule has 5 nitrogen and oxygen atoms in total. The second kappa shape index (κ2) is 7.94. The maximum absolute atomic E-state index is 12.0. The fourth-order valence-electron chi connectivity index (χ4n) is 3.00. The van der Waals surface area contributed by atoms with Crippen LogP contribution in [0.4, 0.5) is 5.69 Å². The van der Waals surface area contributed by atoms with Gasteiger partial charge in [0.15, 0.2) is 0 Å². The topological polar surface area (TPSA) is 75.4 Å².